The summed E-state index contributed by atoms with van der Waals surface area (Å²) in [6, 6.07) is 8.74. The Morgan fingerprint density at radius 1 is 1.09 bits per heavy atom. The zero-order valence-electron chi connectivity index (χ0n) is 18.8. The fraction of sp³-hybridized carbons (Fsp3) is 0.261. The van der Waals surface area contributed by atoms with Crippen molar-refractivity contribution in [3.8, 4) is 23.0 Å². The molecule has 1 saturated heterocycles. The van der Waals surface area contributed by atoms with Gasteiger partial charge in [-0.05, 0) is 47.7 Å². The molecule has 3 rings (SSSR count). The van der Waals surface area contributed by atoms with Crippen LogP contribution in [0.15, 0.2) is 41.3 Å². The lowest BCUT2D eigenvalue weighted by atomic mass is 10.1. The maximum absolute atomic E-state index is 13.1. The van der Waals surface area contributed by atoms with Crippen LogP contribution >= 0.6 is 11.8 Å². The summed E-state index contributed by atoms with van der Waals surface area (Å²) in [4.78, 5) is 38.3. The van der Waals surface area contributed by atoms with Crippen LogP contribution in [0.5, 0.6) is 23.0 Å². The molecule has 34 heavy (non-hydrogen) atoms. The van der Waals surface area contributed by atoms with Crippen molar-refractivity contribution in [2.75, 3.05) is 41.0 Å². The van der Waals surface area contributed by atoms with Crippen LogP contribution in [0.4, 0.5) is 9.18 Å². The smallest absolute Gasteiger partial charge is 0.293 e. The number of methoxy groups -OCH3 is 3. The number of halogens is 1. The molecule has 0 unspecified atom stereocenters. The van der Waals surface area contributed by atoms with E-state index in [0.717, 1.165) is 22.7 Å². The Hall–Kier alpha value is -3.73. The summed E-state index contributed by atoms with van der Waals surface area (Å²) < 4.78 is 34.3. The van der Waals surface area contributed by atoms with Crippen molar-refractivity contribution >= 4 is 34.9 Å². The van der Waals surface area contributed by atoms with Gasteiger partial charge in [0.1, 0.15) is 11.6 Å². The lowest BCUT2D eigenvalue weighted by molar-refractivity contribution is -0.125. The van der Waals surface area contributed by atoms with Gasteiger partial charge in [0.25, 0.3) is 17.1 Å². The average Bonchev–Trinajstić information content (AvgIpc) is 3.09. The molecule has 1 aliphatic rings. The molecule has 180 valence electrons. The number of benzene rings is 2. The summed E-state index contributed by atoms with van der Waals surface area (Å²) in [5.41, 5.74) is 0.586. The van der Waals surface area contributed by atoms with Crippen molar-refractivity contribution in [3.05, 3.63) is 52.7 Å². The first kappa shape index (κ1) is 24.9. The van der Waals surface area contributed by atoms with Crippen molar-refractivity contribution in [2.45, 2.75) is 0 Å². The molecule has 3 amide bonds. The van der Waals surface area contributed by atoms with Crippen LogP contribution < -0.4 is 24.3 Å². The normalized spacial score (nSPS) is 14.4. The second kappa shape index (κ2) is 11.4. The van der Waals surface area contributed by atoms with E-state index in [1.807, 2.05) is 0 Å². The first-order chi connectivity index (χ1) is 16.4. The molecule has 0 atom stereocenters. The fourth-order valence-electron chi connectivity index (χ4n) is 3.09. The van der Waals surface area contributed by atoms with Gasteiger partial charge in [0.15, 0.2) is 18.1 Å². The number of nitrogens with zero attached hydrogens (tertiary/aromatic N) is 1. The number of hydrogen-bond donors (Lipinski definition) is 1. The van der Waals surface area contributed by atoms with Crippen molar-refractivity contribution in [1.29, 1.82) is 0 Å². The molecule has 0 spiro atoms. The Morgan fingerprint density at radius 2 is 1.79 bits per heavy atom. The lowest BCUT2D eigenvalue weighted by Gasteiger charge is -2.14. The second-order valence-corrected chi connectivity index (χ2v) is 7.88. The summed E-state index contributed by atoms with van der Waals surface area (Å²) in [6.07, 6.45) is 1.56. The van der Waals surface area contributed by atoms with E-state index in [1.165, 1.54) is 39.5 Å². The molecular weight excluding hydrogens is 467 g/mol. The maximum Gasteiger partial charge on any atom is 0.293 e. The minimum atomic E-state index is -0.478. The van der Waals surface area contributed by atoms with E-state index < -0.39 is 22.9 Å². The third-order valence-electron chi connectivity index (χ3n) is 4.68. The van der Waals surface area contributed by atoms with E-state index >= 15 is 0 Å². The second-order valence-electron chi connectivity index (χ2n) is 6.89. The highest BCUT2D eigenvalue weighted by atomic mass is 32.2. The molecule has 0 saturated carbocycles. The van der Waals surface area contributed by atoms with E-state index in [4.69, 9.17) is 18.9 Å². The van der Waals surface area contributed by atoms with Gasteiger partial charge >= 0.3 is 0 Å². The largest absolute Gasteiger partial charge is 0.493 e. The van der Waals surface area contributed by atoms with Gasteiger partial charge < -0.3 is 24.3 Å². The fourth-order valence-corrected chi connectivity index (χ4v) is 3.96. The minimum Gasteiger partial charge on any atom is -0.493 e. The van der Waals surface area contributed by atoms with Gasteiger partial charge in [-0.25, -0.2) is 4.39 Å². The molecule has 0 bridgehead atoms. The molecule has 9 nitrogen and oxygen atoms in total. The highest BCUT2D eigenvalue weighted by Crippen LogP contribution is 2.40. The molecule has 0 aliphatic carbocycles. The van der Waals surface area contributed by atoms with Crippen LogP contribution in [-0.2, 0) is 9.59 Å². The molecular formula is C23H23FN2O7S. The number of hydrogen-bond acceptors (Lipinski definition) is 8. The Kier molecular flexibility index (Phi) is 8.36. The van der Waals surface area contributed by atoms with E-state index in [1.54, 1.807) is 18.2 Å². The molecule has 1 fully saturated rings. The Labute approximate surface area is 199 Å². The van der Waals surface area contributed by atoms with Crippen LogP contribution in [0.25, 0.3) is 6.08 Å². The zero-order valence-corrected chi connectivity index (χ0v) is 19.6. The molecule has 2 aromatic carbocycles. The predicted molar refractivity (Wildman–Crippen MR) is 124 cm³/mol. The Bertz CT molecular complexity index is 1100. The summed E-state index contributed by atoms with van der Waals surface area (Å²) in [5.74, 6) is 0.0338. The zero-order chi connectivity index (χ0) is 24.7. The van der Waals surface area contributed by atoms with Crippen molar-refractivity contribution in [3.63, 3.8) is 0 Å². The van der Waals surface area contributed by atoms with Gasteiger partial charge in [0, 0.05) is 19.2 Å². The number of nitrogens with one attached hydrogen (secondary N) is 1. The molecule has 0 aromatic heterocycles. The van der Waals surface area contributed by atoms with Crippen LogP contribution in [0.1, 0.15) is 5.56 Å². The van der Waals surface area contributed by atoms with Crippen molar-refractivity contribution < 1.29 is 37.7 Å². The van der Waals surface area contributed by atoms with Gasteiger partial charge in [-0.2, -0.15) is 0 Å². The summed E-state index contributed by atoms with van der Waals surface area (Å²) >= 11 is 0.794. The SMILES string of the molecule is COc1cc(/C=C2\SC(=O)N(CCNC(=O)COc3cccc(F)c3)C2=O)cc(OC)c1OC. The number of rotatable bonds is 10. The maximum atomic E-state index is 13.1. The molecule has 2 aromatic rings. The third kappa shape index (κ3) is 5.98. The van der Waals surface area contributed by atoms with Crippen molar-refractivity contribution in [1.82, 2.24) is 10.2 Å². The average molecular weight is 491 g/mol. The molecule has 1 aliphatic heterocycles. The number of imide groups is 1. The predicted octanol–water partition coefficient (Wildman–Crippen LogP) is 3.08. The number of carbonyl (C=O) groups is 3. The van der Waals surface area contributed by atoms with Gasteiger partial charge in [0.05, 0.1) is 26.2 Å². The quantitative estimate of drug-likeness (QED) is 0.507. The number of thioether (sulfide) groups is 1. The Morgan fingerprint density at radius 3 is 2.41 bits per heavy atom. The first-order valence-corrected chi connectivity index (χ1v) is 10.9. The standard InChI is InChI=1S/C23H23FN2O7S/c1-30-17-9-14(10-18(31-2)21(17)32-3)11-19-22(28)26(23(29)34-19)8-7-25-20(27)13-33-16-6-4-5-15(24)12-16/h4-6,9-12H,7-8,13H2,1-3H3,(H,25,27)/b19-11-. The van der Waals surface area contributed by atoms with E-state index in [2.05, 4.69) is 5.32 Å². The van der Waals surface area contributed by atoms with Crippen LogP contribution in [0.2, 0.25) is 0 Å². The van der Waals surface area contributed by atoms with Crippen molar-refractivity contribution in [2.24, 2.45) is 0 Å². The minimum absolute atomic E-state index is 0.0109. The summed E-state index contributed by atoms with van der Waals surface area (Å²) in [5, 5.41) is 2.11. The topological polar surface area (TPSA) is 103 Å². The van der Waals surface area contributed by atoms with Gasteiger partial charge in [0.2, 0.25) is 5.75 Å². The Balaban J connectivity index is 1.58. The molecule has 1 heterocycles. The molecule has 1 N–H and O–H groups in total. The van der Waals surface area contributed by atoms with Crippen LogP contribution in [0.3, 0.4) is 0 Å². The van der Waals surface area contributed by atoms with Gasteiger partial charge in [-0.3, -0.25) is 19.3 Å². The van der Waals surface area contributed by atoms with E-state index in [-0.39, 0.29) is 30.4 Å². The highest BCUT2D eigenvalue weighted by molar-refractivity contribution is 8.18. The lowest BCUT2D eigenvalue weighted by Crippen LogP contribution is -2.38. The van der Waals surface area contributed by atoms with Crippen LogP contribution in [0, 0.1) is 5.82 Å². The monoisotopic (exact) mass is 490 g/mol. The molecule has 0 radical (unpaired) electrons. The summed E-state index contributed by atoms with van der Waals surface area (Å²) in [7, 11) is 4.44. The van der Waals surface area contributed by atoms with Gasteiger partial charge in [-0.15, -0.1) is 0 Å². The highest BCUT2D eigenvalue weighted by Gasteiger charge is 2.34. The van der Waals surface area contributed by atoms with Crippen LogP contribution in [-0.4, -0.2) is 63.0 Å². The van der Waals surface area contributed by atoms with E-state index in [9.17, 15) is 18.8 Å². The van der Waals surface area contributed by atoms with E-state index in [0.29, 0.717) is 22.8 Å². The number of carbonyl (C=O) groups excluding carboxylic acids is 3. The summed E-state index contributed by atoms with van der Waals surface area (Å²) in [6.45, 7) is -0.295. The first-order valence-electron chi connectivity index (χ1n) is 10.1. The van der Waals surface area contributed by atoms with Gasteiger partial charge in [-0.1, -0.05) is 6.07 Å². The molecule has 11 heteroatoms. The number of ether oxygens (including phenoxy) is 4. The number of amides is 3. The third-order valence-corrected chi connectivity index (χ3v) is 5.59.